The molecule has 0 aromatic heterocycles. The Hall–Kier alpha value is -3.02. The molecule has 2 aromatic carbocycles. The first-order chi connectivity index (χ1) is 12.5. The van der Waals surface area contributed by atoms with Gasteiger partial charge in [-0.25, -0.2) is 9.18 Å². The van der Waals surface area contributed by atoms with E-state index in [1.807, 2.05) is 0 Å². The molecule has 0 radical (unpaired) electrons. The molecule has 1 amide bonds. The first-order valence-corrected chi connectivity index (χ1v) is 8.31. The lowest BCUT2D eigenvalue weighted by atomic mass is 10.0. The Morgan fingerprint density at radius 3 is 2.27 bits per heavy atom. The SMILES string of the molecule is CCOC(=O)C(NC(=O)CCC(=O)c1ccc(F)cc1)c1ccccc1. The topological polar surface area (TPSA) is 72.5 Å². The van der Waals surface area contributed by atoms with Crippen molar-refractivity contribution >= 4 is 17.7 Å². The zero-order valence-electron chi connectivity index (χ0n) is 14.4. The van der Waals surface area contributed by atoms with Crippen LogP contribution in [0, 0.1) is 5.82 Å². The molecule has 1 N–H and O–H groups in total. The Labute approximate surface area is 151 Å². The molecular formula is C20H20FNO4. The number of halogens is 1. The second-order valence-corrected chi connectivity index (χ2v) is 5.59. The largest absolute Gasteiger partial charge is 0.464 e. The van der Waals surface area contributed by atoms with Crippen LogP contribution in [0.1, 0.15) is 41.7 Å². The lowest BCUT2D eigenvalue weighted by Gasteiger charge is -2.17. The van der Waals surface area contributed by atoms with E-state index in [4.69, 9.17) is 4.74 Å². The van der Waals surface area contributed by atoms with Crippen LogP contribution < -0.4 is 5.32 Å². The summed E-state index contributed by atoms with van der Waals surface area (Å²) in [6, 6.07) is 13.0. The van der Waals surface area contributed by atoms with Crippen LogP contribution in [0.25, 0.3) is 0 Å². The zero-order chi connectivity index (χ0) is 18.9. The van der Waals surface area contributed by atoms with Gasteiger partial charge in [-0.15, -0.1) is 0 Å². The smallest absolute Gasteiger partial charge is 0.333 e. The fourth-order valence-corrected chi connectivity index (χ4v) is 2.39. The maximum atomic E-state index is 12.9. The summed E-state index contributed by atoms with van der Waals surface area (Å²) < 4.78 is 17.9. The second-order valence-electron chi connectivity index (χ2n) is 5.59. The van der Waals surface area contributed by atoms with E-state index in [-0.39, 0.29) is 25.2 Å². The summed E-state index contributed by atoms with van der Waals surface area (Å²) in [6.07, 6.45) is -0.124. The molecular weight excluding hydrogens is 337 g/mol. The number of esters is 1. The molecule has 1 unspecified atom stereocenters. The normalized spacial score (nSPS) is 11.5. The van der Waals surface area contributed by atoms with Crippen molar-refractivity contribution in [2.45, 2.75) is 25.8 Å². The fraction of sp³-hybridized carbons (Fsp3) is 0.250. The van der Waals surface area contributed by atoms with Crippen LogP contribution in [0.15, 0.2) is 54.6 Å². The third-order valence-electron chi connectivity index (χ3n) is 3.71. The summed E-state index contributed by atoms with van der Waals surface area (Å²) in [4.78, 5) is 36.4. The van der Waals surface area contributed by atoms with E-state index in [2.05, 4.69) is 5.32 Å². The van der Waals surface area contributed by atoms with Crippen LogP contribution in [0.4, 0.5) is 4.39 Å². The summed E-state index contributed by atoms with van der Waals surface area (Å²) in [5.41, 5.74) is 0.938. The number of carbonyl (C=O) groups is 3. The molecule has 26 heavy (non-hydrogen) atoms. The average molecular weight is 357 g/mol. The van der Waals surface area contributed by atoms with Gasteiger partial charge in [0, 0.05) is 18.4 Å². The second kappa shape index (κ2) is 9.46. The number of ketones is 1. The van der Waals surface area contributed by atoms with Crippen LogP contribution in [0.3, 0.4) is 0 Å². The third kappa shape index (κ3) is 5.51. The van der Waals surface area contributed by atoms with Gasteiger partial charge in [-0.05, 0) is 36.8 Å². The van der Waals surface area contributed by atoms with Crippen molar-refractivity contribution in [1.82, 2.24) is 5.32 Å². The van der Waals surface area contributed by atoms with Gasteiger partial charge < -0.3 is 10.1 Å². The maximum absolute atomic E-state index is 12.9. The molecule has 1 atom stereocenters. The van der Waals surface area contributed by atoms with Gasteiger partial charge in [-0.3, -0.25) is 9.59 Å². The Balaban J connectivity index is 1.97. The molecule has 136 valence electrons. The molecule has 0 aliphatic rings. The molecule has 0 spiro atoms. The van der Waals surface area contributed by atoms with Gasteiger partial charge in [0.1, 0.15) is 5.82 Å². The summed E-state index contributed by atoms with van der Waals surface area (Å²) >= 11 is 0. The van der Waals surface area contributed by atoms with E-state index >= 15 is 0 Å². The Morgan fingerprint density at radius 1 is 1.00 bits per heavy atom. The number of hydrogen-bond acceptors (Lipinski definition) is 4. The van der Waals surface area contributed by atoms with Gasteiger partial charge in [0.25, 0.3) is 0 Å². The third-order valence-corrected chi connectivity index (χ3v) is 3.71. The van der Waals surface area contributed by atoms with Gasteiger partial charge in [-0.1, -0.05) is 30.3 Å². The molecule has 6 heteroatoms. The number of ether oxygens (including phenoxy) is 1. The van der Waals surface area contributed by atoms with Crippen molar-refractivity contribution in [2.75, 3.05) is 6.61 Å². The molecule has 2 aromatic rings. The van der Waals surface area contributed by atoms with E-state index < -0.39 is 23.7 Å². The first-order valence-electron chi connectivity index (χ1n) is 8.31. The number of hydrogen-bond donors (Lipinski definition) is 1. The maximum Gasteiger partial charge on any atom is 0.333 e. The highest BCUT2D eigenvalue weighted by Gasteiger charge is 2.24. The number of benzene rings is 2. The predicted octanol–water partition coefficient (Wildman–Crippen LogP) is 3.21. The lowest BCUT2D eigenvalue weighted by Crippen LogP contribution is -2.35. The minimum Gasteiger partial charge on any atom is -0.464 e. The highest BCUT2D eigenvalue weighted by Crippen LogP contribution is 2.15. The molecule has 0 saturated heterocycles. The van der Waals surface area contributed by atoms with Crippen LogP contribution >= 0.6 is 0 Å². The molecule has 0 saturated carbocycles. The average Bonchev–Trinajstić information content (AvgIpc) is 2.65. The molecule has 2 rings (SSSR count). The standard InChI is InChI=1S/C20H20FNO4/c1-2-26-20(25)19(15-6-4-3-5-7-15)22-18(24)13-12-17(23)14-8-10-16(21)11-9-14/h3-11,19H,2,12-13H2,1H3,(H,22,24). The van der Waals surface area contributed by atoms with Crippen molar-refractivity contribution < 1.29 is 23.5 Å². The molecule has 5 nitrogen and oxygen atoms in total. The highest BCUT2D eigenvalue weighted by molar-refractivity contribution is 5.98. The van der Waals surface area contributed by atoms with Gasteiger partial charge >= 0.3 is 5.97 Å². The van der Waals surface area contributed by atoms with E-state index in [1.54, 1.807) is 37.3 Å². The van der Waals surface area contributed by atoms with Crippen LogP contribution in [0.5, 0.6) is 0 Å². The number of amides is 1. The van der Waals surface area contributed by atoms with E-state index in [0.717, 1.165) is 0 Å². The minimum absolute atomic E-state index is 0.0399. The van der Waals surface area contributed by atoms with Crippen molar-refractivity contribution in [1.29, 1.82) is 0 Å². The summed E-state index contributed by atoms with van der Waals surface area (Å²) in [5, 5.41) is 2.61. The van der Waals surface area contributed by atoms with Gasteiger partial charge in [0.05, 0.1) is 6.61 Å². The monoisotopic (exact) mass is 357 g/mol. The predicted molar refractivity (Wildman–Crippen MR) is 93.9 cm³/mol. The first kappa shape index (κ1) is 19.3. The highest BCUT2D eigenvalue weighted by atomic mass is 19.1. The fourth-order valence-electron chi connectivity index (χ4n) is 2.39. The van der Waals surface area contributed by atoms with Crippen molar-refractivity contribution in [2.24, 2.45) is 0 Å². The minimum atomic E-state index is -0.926. The van der Waals surface area contributed by atoms with Crippen LogP contribution in [0.2, 0.25) is 0 Å². The molecule has 0 bridgehead atoms. The number of rotatable bonds is 8. The Morgan fingerprint density at radius 2 is 1.65 bits per heavy atom. The number of nitrogens with one attached hydrogen (secondary N) is 1. The van der Waals surface area contributed by atoms with Crippen molar-refractivity contribution in [3.05, 3.63) is 71.5 Å². The number of Topliss-reactive ketones (excluding diaryl/α,β-unsaturated/α-hetero) is 1. The van der Waals surface area contributed by atoms with E-state index in [0.29, 0.717) is 11.1 Å². The molecule has 0 aliphatic carbocycles. The molecule has 0 heterocycles. The quantitative estimate of drug-likeness (QED) is 0.582. The summed E-state index contributed by atoms with van der Waals surface area (Å²) in [6.45, 7) is 1.88. The Bertz CT molecular complexity index is 759. The van der Waals surface area contributed by atoms with Crippen molar-refractivity contribution in [3.8, 4) is 0 Å². The molecule has 0 fully saturated rings. The van der Waals surface area contributed by atoms with Crippen LogP contribution in [-0.2, 0) is 14.3 Å². The lowest BCUT2D eigenvalue weighted by molar-refractivity contribution is -0.147. The van der Waals surface area contributed by atoms with Crippen LogP contribution in [-0.4, -0.2) is 24.3 Å². The van der Waals surface area contributed by atoms with Gasteiger partial charge in [-0.2, -0.15) is 0 Å². The summed E-state index contributed by atoms with van der Waals surface area (Å²) in [5.74, 6) is -1.70. The Kier molecular flexibility index (Phi) is 7.02. The van der Waals surface area contributed by atoms with Gasteiger partial charge in [0.2, 0.25) is 5.91 Å². The number of carbonyl (C=O) groups excluding carboxylic acids is 3. The van der Waals surface area contributed by atoms with E-state index in [9.17, 15) is 18.8 Å². The van der Waals surface area contributed by atoms with Gasteiger partial charge in [0.15, 0.2) is 11.8 Å². The van der Waals surface area contributed by atoms with E-state index in [1.165, 1.54) is 24.3 Å². The zero-order valence-corrected chi connectivity index (χ0v) is 14.4. The van der Waals surface area contributed by atoms with Crippen molar-refractivity contribution in [3.63, 3.8) is 0 Å². The summed E-state index contributed by atoms with van der Waals surface area (Å²) in [7, 11) is 0. The molecule has 0 aliphatic heterocycles.